The average Bonchev–Trinajstić information content (AvgIpc) is 3.64. The highest BCUT2D eigenvalue weighted by molar-refractivity contribution is 7.07. The smallest absolute Gasteiger partial charge is 0.338 e. The van der Waals surface area contributed by atoms with Gasteiger partial charge in [-0.3, -0.25) is 9.36 Å². The van der Waals surface area contributed by atoms with Crippen LogP contribution < -0.4 is 19.6 Å². The Kier molecular flexibility index (Phi) is 8.23. The molecular weight excluding hydrogens is 592 g/mol. The molecule has 0 amide bonds. The van der Waals surface area contributed by atoms with Crippen molar-refractivity contribution in [3.05, 3.63) is 121 Å². The third-order valence-electron chi connectivity index (χ3n) is 7.64. The van der Waals surface area contributed by atoms with Crippen LogP contribution in [0.25, 0.3) is 28.2 Å². The molecule has 0 fully saturated rings. The molecule has 1 unspecified atom stereocenters. The molecule has 2 aromatic heterocycles. The van der Waals surface area contributed by atoms with Crippen molar-refractivity contribution in [2.75, 3.05) is 13.7 Å². The minimum atomic E-state index is -1.07. The summed E-state index contributed by atoms with van der Waals surface area (Å²) < 4.78 is 19.3. The van der Waals surface area contributed by atoms with Crippen molar-refractivity contribution in [3.8, 4) is 17.1 Å². The van der Waals surface area contributed by atoms with E-state index < -0.39 is 18.0 Å². The number of carbonyl (C=O) groups excluding carboxylic acids is 1. The van der Waals surface area contributed by atoms with E-state index in [0.717, 1.165) is 17.2 Å². The van der Waals surface area contributed by atoms with Crippen molar-refractivity contribution >= 4 is 40.1 Å². The van der Waals surface area contributed by atoms with Crippen molar-refractivity contribution in [1.29, 1.82) is 0 Å². The van der Waals surface area contributed by atoms with E-state index in [4.69, 9.17) is 18.9 Å². The highest BCUT2D eigenvalue weighted by atomic mass is 32.1. The van der Waals surface area contributed by atoms with E-state index in [1.807, 2.05) is 43.3 Å². The molecule has 1 atom stereocenters. The number of fused-ring (bicyclic) bond motifs is 2. The number of aromatic nitrogens is 1. The minimum Gasteiger partial charge on any atom is -0.496 e. The van der Waals surface area contributed by atoms with Gasteiger partial charge in [-0.05, 0) is 48.4 Å². The zero-order valence-electron chi connectivity index (χ0n) is 24.9. The van der Waals surface area contributed by atoms with E-state index >= 15 is 0 Å². The number of hydrogen-bond acceptors (Lipinski definition) is 8. The Bertz CT molecular complexity index is 2170. The van der Waals surface area contributed by atoms with Crippen LogP contribution in [0.15, 0.2) is 98.3 Å². The summed E-state index contributed by atoms with van der Waals surface area (Å²) in [5.41, 5.74) is 1.71. The standard InChI is InChI=1S/C35H30N2O7S/c1-4-10-25-30(34(41)43-5-2)31(29-22-12-7-6-11-20(22)15-17-27(29)42-3)37-32(38)28(45-35(37)36-25)19-21-16-18-26(44-21)23-13-8-9-14-24(23)33(39)40/h6-9,11-19,31H,4-5,10H2,1-3H3,(H,39,40)/b28-19+. The van der Waals surface area contributed by atoms with E-state index in [1.165, 1.54) is 22.0 Å². The number of ether oxygens (including phenoxy) is 2. The van der Waals surface area contributed by atoms with Crippen LogP contribution in [0.1, 0.15) is 54.4 Å². The summed E-state index contributed by atoms with van der Waals surface area (Å²) in [5.74, 6) is -0.346. The molecule has 9 nitrogen and oxygen atoms in total. The van der Waals surface area contributed by atoms with Crippen molar-refractivity contribution < 1.29 is 28.6 Å². The van der Waals surface area contributed by atoms with Gasteiger partial charge < -0.3 is 19.0 Å². The van der Waals surface area contributed by atoms with Crippen LogP contribution >= 0.6 is 11.3 Å². The number of furan rings is 1. The lowest BCUT2D eigenvalue weighted by atomic mass is 9.90. The number of aromatic carboxylic acids is 1. The first-order valence-corrected chi connectivity index (χ1v) is 15.4. The summed E-state index contributed by atoms with van der Waals surface area (Å²) in [6, 6.07) is 20.6. The number of nitrogens with zero attached hydrogens (tertiary/aromatic N) is 2. The van der Waals surface area contributed by atoms with Gasteiger partial charge in [0.15, 0.2) is 4.80 Å². The summed E-state index contributed by atoms with van der Waals surface area (Å²) in [6.45, 7) is 3.91. The minimum absolute atomic E-state index is 0.108. The summed E-state index contributed by atoms with van der Waals surface area (Å²) in [4.78, 5) is 45.0. The second kappa shape index (κ2) is 12.4. The van der Waals surface area contributed by atoms with Crippen LogP contribution in [-0.4, -0.2) is 35.3 Å². The summed E-state index contributed by atoms with van der Waals surface area (Å²) >= 11 is 1.19. The third-order valence-corrected chi connectivity index (χ3v) is 8.62. The molecule has 6 rings (SSSR count). The van der Waals surface area contributed by atoms with E-state index in [9.17, 15) is 19.5 Å². The van der Waals surface area contributed by atoms with Gasteiger partial charge in [0.05, 0.1) is 35.1 Å². The molecule has 3 heterocycles. The topological polar surface area (TPSA) is 120 Å². The molecule has 0 saturated heterocycles. The maximum atomic E-state index is 14.3. The first-order valence-electron chi connectivity index (χ1n) is 14.6. The first kappa shape index (κ1) is 29.8. The third kappa shape index (κ3) is 5.38. The van der Waals surface area contributed by atoms with Gasteiger partial charge in [0.2, 0.25) is 0 Å². The molecular formula is C35H30N2O7S. The van der Waals surface area contributed by atoms with Crippen LogP contribution in [-0.2, 0) is 9.53 Å². The molecule has 1 aliphatic rings. The fraction of sp³-hybridized carbons (Fsp3) is 0.200. The molecule has 0 aliphatic carbocycles. The molecule has 1 N–H and O–H groups in total. The molecule has 0 bridgehead atoms. The fourth-order valence-corrected chi connectivity index (χ4v) is 6.72. The lowest BCUT2D eigenvalue weighted by Gasteiger charge is -2.28. The number of carbonyl (C=O) groups is 2. The van der Waals surface area contributed by atoms with Crippen LogP contribution in [0.5, 0.6) is 5.75 Å². The van der Waals surface area contributed by atoms with Gasteiger partial charge in [-0.15, -0.1) is 0 Å². The van der Waals surface area contributed by atoms with Crippen molar-refractivity contribution in [3.63, 3.8) is 0 Å². The van der Waals surface area contributed by atoms with Gasteiger partial charge in [0, 0.05) is 17.2 Å². The van der Waals surface area contributed by atoms with Crippen LogP contribution in [0, 0.1) is 0 Å². The molecule has 0 radical (unpaired) electrons. The Morgan fingerprint density at radius 2 is 1.82 bits per heavy atom. The van der Waals surface area contributed by atoms with E-state index in [2.05, 4.69) is 0 Å². The van der Waals surface area contributed by atoms with Gasteiger partial charge >= 0.3 is 11.9 Å². The number of esters is 1. The molecule has 45 heavy (non-hydrogen) atoms. The van der Waals surface area contributed by atoms with Crippen molar-refractivity contribution in [1.82, 2.24) is 4.57 Å². The Morgan fingerprint density at radius 1 is 1.04 bits per heavy atom. The maximum absolute atomic E-state index is 14.3. The molecule has 0 saturated carbocycles. The second-order valence-electron chi connectivity index (χ2n) is 10.4. The largest absolute Gasteiger partial charge is 0.496 e. The molecule has 10 heteroatoms. The van der Waals surface area contributed by atoms with E-state index in [0.29, 0.717) is 55.4 Å². The Labute approximate surface area is 262 Å². The van der Waals surface area contributed by atoms with E-state index in [-0.39, 0.29) is 17.7 Å². The van der Waals surface area contributed by atoms with Gasteiger partial charge in [0.1, 0.15) is 23.3 Å². The number of benzene rings is 3. The summed E-state index contributed by atoms with van der Waals surface area (Å²) in [7, 11) is 1.56. The normalized spacial score (nSPS) is 14.7. The fourth-order valence-electron chi connectivity index (χ4n) is 5.72. The second-order valence-corrected chi connectivity index (χ2v) is 11.4. The maximum Gasteiger partial charge on any atom is 0.338 e. The Balaban J connectivity index is 1.59. The van der Waals surface area contributed by atoms with Gasteiger partial charge in [0.25, 0.3) is 5.56 Å². The predicted molar refractivity (Wildman–Crippen MR) is 171 cm³/mol. The van der Waals surface area contributed by atoms with E-state index in [1.54, 1.807) is 50.4 Å². The van der Waals surface area contributed by atoms with Crippen molar-refractivity contribution in [2.45, 2.75) is 32.7 Å². The number of carboxylic acid groups (broad SMARTS) is 1. The first-order chi connectivity index (χ1) is 21.9. The monoisotopic (exact) mass is 622 g/mol. The number of methoxy groups -OCH3 is 1. The highest BCUT2D eigenvalue weighted by Gasteiger charge is 2.37. The number of thiazole rings is 1. The Hall–Kier alpha value is -5.22. The zero-order chi connectivity index (χ0) is 31.7. The zero-order valence-corrected chi connectivity index (χ0v) is 25.7. The SMILES string of the molecule is CCCC1=C(C(=O)OCC)C(c2c(OC)ccc3ccccc23)n2c(s/c(=C/c3ccc(-c4ccccc4C(=O)O)o3)c2=O)=N1. The quantitative estimate of drug-likeness (QED) is 0.210. The summed E-state index contributed by atoms with van der Waals surface area (Å²) in [5, 5.41) is 11.4. The van der Waals surface area contributed by atoms with Gasteiger partial charge in [-0.1, -0.05) is 73.2 Å². The molecule has 0 spiro atoms. The van der Waals surface area contributed by atoms with Crippen LogP contribution in [0.4, 0.5) is 0 Å². The van der Waals surface area contributed by atoms with Gasteiger partial charge in [-0.25, -0.2) is 14.6 Å². The molecule has 5 aromatic rings. The van der Waals surface area contributed by atoms with Crippen LogP contribution in [0.2, 0.25) is 0 Å². The number of rotatable bonds is 9. The lowest BCUT2D eigenvalue weighted by Crippen LogP contribution is -2.40. The number of carboxylic acids is 1. The summed E-state index contributed by atoms with van der Waals surface area (Å²) in [6.07, 6.45) is 2.84. The average molecular weight is 623 g/mol. The lowest BCUT2D eigenvalue weighted by molar-refractivity contribution is -0.139. The van der Waals surface area contributed by atoms with Crippen LogP contribution in [0.3, 0.4) is 0 Å². The highest BCUT2D eigenvalue weighted by Crippen LogP contribution is 2.41. The number of hydrogen-bond donors (Lipinski definition) is 1. The number of allylic oxidation sites excluding steroid dienone is 1. The predicted octanol–water partition coefficient (Wildman–Crippen LogP) is 5.70. The van der Waals surface area contributed by atoms with Gasteiger partial charge in [-0.2, -0.15) is 0 Å². The molecule has 228 valence electrons. The Morgan fingerprint density at radius 3 is 2.58 bits per heavy atom. The molecule has 1 aliphatic heterocycles. The molecule has 3 aromatic carbocycles. The van der Waals surface area contributed by atoms with Crippen molar-refractivity contribution in [2.24, 2.45) is 4.99 Å².